The lowest BCUT2D eigenvalue weighted by molar-refractivity contribution is -0.136. The van der Waals surface area contributed by atoms with Crippen LogP contribution in [-0.2, 0) is 14.8 Å². The third kappa shape index (κ3) is 4.44. The summed E-state index contributed by atoms with van der Waals surface area (Å²) < 4.78 is 40.5. The summed E-state index contributed by atoms with van der Waals surface area (Å²) in [5, 5.41) is 11.3. The summed E-state index contributed by atoms with van der Waals surface area (Å²) in [5.74, 6) is -1.48. The number of halogens is 2. The molecule has 1 saturated heterocycles. The van der Waals surface area contributed by atoms with Crippen molar-refractivity contribution in [1.29, 1.82) is 0 Å². The highest BCUT2D eigenvalue weighted by Crippen LogP contribution is 2.30. The minimum Gasteiger partial charge on any atom is -0.480 e. The first-order valence-corrected chi connectivity index (χ1v) is 9.42. The molecule has 1 aliphatic rings. The average molecular weight is 379 g/mol. The Hall–Kier alpha value is -1.22. The van der Waals surface area contributed by atoms with E-state index in [4.69, 9.17) is 16.7 Å². The molecule has 0 spiro atoms. The maximum Gasteiger partial charge on any atom is 0.317 e. The van der Waals surface area contributed by atoms with Crippen molar-refractivity contribution in [3.8, 4) is 0 Å². The SMILES string of the molecule is Cc1cc(S(=O)(=O)N2CCCC(CNCC(=O)O)C2)c(Cl)cc1F. The predicted molar refractivity (Wildman–Crippen MR) is 88.1 cm³/mol. The van der Waals surface area contributed by atoms with E-state index in [1.165, 1.54) is 17.3 Å². The first-order chi connectivity index (χ1) is 11.2. The van der Waals surface area contributed by atoms with Crippen molar-refractivity contribution >= 4 is 27.6 Å². The Morgan fingerprint density at radius 2 is 2.21 bits per heavy atom. The van der Waals surface area contributed by atoms with Crippen LogP contribution in [0.2, 0.25) is 5.02 Å². The Kier molecular flexibility index (Phi) is 6.19. The lowest BCUT2D eigenvalue weighted by Crippen LogP contribution is -2.43. The molecule has 1 aromatic rings. The molecule has 134 valence electrons. The van der Waals surface area contributed by atoms with Gasteiger partial charge in [-0.3, -0.25) is 4.79 Å². The first-order valence-electron chi connectivity index (χ1n) is 7.60. The maximum atomic E-state index is 13.5. The number of benzene rings is 1. The molecule has 6 nitrogen and oxygen atoms in total. The fourth-order valence-electron chi connectivity index (χ4n) is 2.76. The van der Waals surface area contributed by atoms with Crippen molar-refractivity contribution in [3.63, 3.8) is 0 Å². The molecule has 1 aliphatic heterocycles. The topological polar surface area (TPSA) is 86.7 Å². The van der Waals surface area contributed by atoms with E-state index in [0.717, 1.165) is 12.5 Å². The van der Waals surface area contributed by atoms with Gasteiger partial charge in [0.15, 0.2) is 0 Å². The van der Waals surface area contributed by atoms with Gasteiger partial charge in [-0.1, -0.05) is 11.6 Å². The standard InChI is InChI=1S/C15H20ClFN2O4S/c1-10-5-14(12(16)6-13(10)17)24(22,23)19-4-2-3-11(9-19)7-18-8-15(20)21/h5-6,11,18H,2-4,7-9H2,1H3,(H,20,21). The number of nitrogens with zero attached hydrogens (tertiary/aromatic N) is 1. The van der Waals surface area contributed by atoms with E-state index in [0.29, 0.717) is 19.5 Å². The molecule has 1 fully saturated rings. The Labute approximate surface area is 145 Å². The summed E-state index contributed by atoms with van der Waals surface area (Å²) in [5.41, 5.74) is 0.217. The molecule has 0 bridgehead atoms. The third-order valence-electron chi connectivity index (χ3n) is 4.02. The highest BCUT2D eigenvalue weighted by molar-refractivity contribution is 7.89. The molecule has 0 radical (unpaired) electrons. The number of hydrogen-bond acceptors (Lipinski definition) is 4. The molecule has 1 aromatic carbocycles. The monoisotopic (exact) mass is 378 g/mol. The van der Waals surface area contributed by atoms with Gasteiger partial charge in [-0.05, 0) is 49.9 Å². The number of carboxylic acids is 1. The number of rotatable bonds is 6. The van der Waals surface area contributed by atoms with Crippen LogP contribution >= 0.6 is 11.6 Å². The first kappa shape index (κ1) is 19.1. The van der Waals surface area contributed by atoms with Crippen molar-refractivity contribution in [2.45, 2.75) is 24.7 Å². The van der Waals surface area contributed by atoms with Gasteiger partial charge in [0.1, 0.15) is 10.7 Å². The second-order valence-electron chi connectivity index (χ2n) is 5.93. The summed E-state index contributed by atoms with van der Waals surface area (Å²) in [6, 6.07) is 2.26. The zero-order valence-corrected chi connectivity index (χ0v) is 14.8. The predicted octanol–water partition coefficient (Wildman–Crippen LogP) is 1.86. The third-order valence-corrected chi connectivity index (χ3v) is 6.35. The Balaban J connectivity index is 2.14. The molecule has 1 atom stereocenters. The molecule has 0 aliphatic carbocycles. The number of nitrogens with one attached hydrogen (secondary N) is 1. The van der Waals surface area contributed by atoms with Crippen molar-refractivity contribution < 1.29 is 22.7 Å². The second-order valence-corrected chi connectivity index (χ2v) is 8.24. The molecule has 2 N–H and O–H groups in total. The smallest absolute Gasteiger partial charge is 0.317 e. The number of carboxylic acid groups (broad SMARTS) is 1. The van der Waals surface area contributed by atoms with E-state index in [2.05, 4.69) is 5.32 Å². The summed E-state index contributed by atoms with van der Waals surface area (Å²) in [7, 11) is -3.82. The van der Waals surface area contributed by atoms with Crippen LogP contribution in [0.4, 0.5) is 4.39 Å². The van der Waals surface area contributed by atoms with Gasteiger partial charge >= 0.3 is 5.97 Å². The molecule has 9 heteroatoms. The molecular formula is C15H20ClFN2O4S. The van der Waals surface area contributed by atoms with E-state index in [1.807, 2.05) is 0 Å². The van der Waals surface area contributed by atoms with Gasteiger partial charge in [0.05, 0.1) is 11.6 Å². The van der Waals surface area contributed by atoms with Crippen LogP contribution in [0.5, 0.6) is 0 Å². The van der Waals surface area contributed by atoms with Crippen LogP contribution < -0.4 is 5.32 Å². The van der Waals surface area contributed by atoms with E-state index in [1.54, 1.807) is 0 Å². The number of carbonyl (C=O) groups is 1. The fraction of sp³-hybridized carbons (Fsp3) is 0.533. The summed E-state index contributed by atoms with van der Waals surface area (Å²) in [6.07, 6.45) is 1.49. The molecule has 24 heavy (non-hydrogen) atoms. The zero-order chi connectivity index (χ0) is 17.9. The van der Waals surface area contributed by atoms with Crippen LogP contribution in [0, 0.1) is 18.7 Å². The quantitative estimate of drug-likeness (QED) is 0.789. The second kappa shape index (κ2) is 7.77. The molecule has 0 amide bonds. The van der Waals surface area contributed by atoms with Crippen LogP contribution in [0.25, 0.3) is 0 Å². The van der Waals surface area contributed by atoms with E-state index in [9.17, 15) is 17.6 Å². The average Bonchev–Trinajstić information content (AvgIpc) is 2.50. The van der Waals surface area contributed by atoms with Gasteiger partial charge in [0, 0.05) is 13.1 Å². The summed E-state index contributed by atoms with van der Waals surface area (Å²) >= 11 is 5.94. The van der Waals surface area contributed by atoms with Crippen molar-refractivity contribution in [2.75, 3.05) is 26.2 Å². The zero-order valence-electron chi connectivity index (χ0n) is 13.3. The lowest BCUT2D eigenvalue weighted by Gasteiger charge is -2.32. The van der Waals surface area contributed by atoms with Crippen molar-refractivity contribution in [3.05, 3.63) is 28.5 Å². The molecule has 0 saturated carbocycles. The lowest BCUT2D eigenvalue weighted by atomic mass is 10.00. The van der Waals surface area contributed by atoms with Gasteiger partial charge in [0.25, 0.3) is 0 Å². The fourth-order valence-corrected chi connectivity index (χ4v) is 4.89. The van der Waals surface area contributed by atoms with E-state index >= 15 is 0 Å². The summed E-state index contributed by atoms with van der Waals surface area (Å²) in [4.78, 5) is 10.4. The molecular weight excluding hydrogens is 359 g/mol. The Morgan fingerprint density at radius 3 is 2.88 bits per heavy atom. The van der Waals surface area contributed by atoms with Crippen LogP contribution in [0.3, 0.4) is 0 Å². The van der Waals surface area contributed by atoms with E-state index in [-0.39, 0.29) is 34.5 Å². The van der Waals surface area contributed by atoms with Gasteiger partial charge in [-0.15, -0.1) is 0 Å². The van der Waals surface area contributed by atoms with Gasteiger partial charge in [0.2, 0.25) is 10.0 Å². The van der Waals surface area contributed by atoms with Gasteiger partial charge in [-0.2, -0.15) is 4.31 Å². The highest BCUT2D eigenvalue weighted by atomic mass is 35.5. The molecule has 2 rings (SSSR count). The van der Waals surface area contributed by atoms with E-state index < -0.39 is 21.8 Å². The number of aliphatic carboxylic acids is 1. The number of aryl methyl sites for hydroxylation is 1. The van der Waals surface area contributed by atoms with Crippen LogP contribution in [0.1, 0.15) is 18.4 Å². The minimum atomic E-state index is -3.82. The molecule has 0 aromatic heterocycles. The van der Waals surface area contributed by atoms with Crippen molar-refractivity contribution in [2.24, 2.45) is 5.92 Å². The Bertz CT molecular complexity index is 726. The number of piperidine rings is 1. The number of sulfonamides is 1. The maximum absolute atomic E-state index is 13.5. The normalized spacial score (nSPS) is 19.4. The van der Waals surface area contributed by atoms with Crippen molar-refractivity contribution in [1.82, 2.24) is 9.62 Å². The molecule has 1 heterocycles. The number of hydrogen-bond donors (Lipinski definition) is 2. The van der Waals surface area contributed by atoms with Gasteiger partial charge in [-0.25, -0.2) is 12.8 Å². The Morgan fingerprint density at radius 1 is 1.50 bits per heavy atom. The summed E-state index contributed by atoms with van der Waals surface area (Å²) in [6.45, 7) is 2.40. The highest BCUT2D eigenvalue weighted by Gasteiger charge is 2.32. The van der Waals surface area contributed by atoms with Crippen LogP contribution in [0.15, 0.2) is 17.0 Å². The van der Waals surface area contributed by atoms with Crippen LogP contribution in [-0.4, -0.2) is 50.0 Å². The van der Waals surface area contributed by atoms with Gasteiger partial charge < -0.3 is 10.4 Å². The largest absolute Gasteiger partial charge is 0.480 e. The minimum absolute atomic E-state index is 0.0215. The molecule has 1 unspecified atom stereocenters.